The third-order valence-corrected chi connectivity index (χ3v) is 4.02. The molecule has 1 amide bonds. The highest BCUT2D eigenvalue weighted by Crippen LogP contribution is 2.20. The van der Waals surface area contributed by atoms with E-state index >= 15 is 0 Å². The van der Waals surface area contributed by atoms with Crippen LogP contribution in [0.5, 0.6) is 0 Å². The molecule has 0 aromatic carbocycles. The molecule has 1 aliphatic rings. The van der Waals surface area contributed by atoms with Gasteiger partial charge in [0.2, 0.25) is 0 Å². The van der Waals surface area contributed by atoms with Crippen molar-refractivity contribution < 1.29 is 14.3 Å². The Morgan fingerprint density at radius 2 is 1.62 bits per heavy atom. The summed E-state index contributed by atoms with van der Waals surface area (Å²) < 4.78 is 10.6. The average molecular weight is 300 g/mol. The van der Waals surface area contributed by atoms with Gasteiger partial charge in [-0.25, -0.2) is 4.79 Å². The normalized spacial score (nSPS) is 26.0. The molecule has 1 fully saturated rings. The molecule has 5 heteroatoms. The molecule has 0 heterocycles. The monoisotopic (exact) mass is 300 g/mol. The Bertz CT molecular complexity index is 320. The lowest BCUT2D eigenvalue weighted by Gasteiger charge is -2.33. The summed E-state index contributed by atoms with van der Waals surface area (Å²) in [4.78, 5) is 11.7. The molecule has 2 atom stereocenters. The number of hydrogen-bond acceptors (Lipinski definition) is 4. The van der Waals surface area contributed by atoms with Crippen LogP contribution in [0.25, 0.3) is 0 Å². The van der Waals surface area contributed by atoms with Crippen molar-refractivity contribution in [3.05, 3.63) is 0 Å². The van der Waals surface area contributed by atoms with E-state index in [0.29, 0.717) is 12.1 Å². The van der Waals surface area contributed by atoms with Crippen molar-refractivity contribution in [2.45, 2.75) is 90.1 Å². The standard InChI is InChI=1S/C16H32N2O3/c1-11(12(2)20-6)17-13-7-9-14(10-8-13)18-15(19)21-16(3,4)5/h11-14,17H,7-10H2,1-6H3,(H,18,19). The van der Waals surface area contributed by atoms with Crippen LogP contribution in [-0.2, 0) is 9.47 Å². The van der Waals surface area contributed by atoms with Crippen molar-refractivity contribution in [1.29, 1.82) is 0 Å². The van der Waals surface area contributed by atoms with Gasteiger partial charge < -0.3 is 20.1 Å². The predicted octanol–water partition coefficient (Wildman–Crippen LogP) is 2.84. The summed E-state index contributed by atoms with van der Waals surface area (Å²) in [7, 11) is 1.74. The Kier molecular flexibility index (Phi) is 6.94. The Balaban J connectivity index is 2.28. The Hall–Kier alpha value is -0.810. The number of ether oxygens (including phenoxy) is 2. The van der Waals surface area contributed by atoms with Gasteiger partial charge in [0, 0.05) is 25.2 Å². The van der Waals surface area contributed by atoms with Crippen LogP contribution >= 0.6 is 0 Å². The third kappa shape index (κ3) is 7.14. The number of alkyl carbamates (subject to hydrolysis) is 1. The van der Waals surface area contributed by atoms with E-state index in [1.165, 1.54) is 0 Å². The summed E-state index contributed by atoms with van der Waals surface area (Å²) >= 11 is 0. The van der Waals surface area contributed by atoms with Crippen LogP contribution in [-0.4, -0.2) is 43.0 Å². The Morgan fingerprint density at radius 1 is 1.10 bits per heavy atom. The molecule has 21 heavy (non-hydrogen) atoms. The Morgan fingerprint density at radius 3 is 2.10 bits per heavy atom. The molecule has 0 aromatic heterocycles. The number of rotatable bonds is 5. The van der Waals surface area contributed by atoms with Gasteiger partial charge in [0.25, 0.3) is 0 Å². The van der Waals surface area contributed by atoms with Gasteiger partial charge in [-0.15, -0.1) is 0 Å². The molecule has 2 unspecified atom stereocenters. The predicted molar refractivity (Wildman–Crippen MR) is 84.5 cm³/mol. The quantitative estimate of drug-likeness (QED) is 0.819. The van der Waals surface area contributed by atoms with Gasteiger partial charge in [-0.1, -0.05) is 0 Å². The molecule has 0 aliphatic heterocycles. The van der Waals surface area contributed by atoms with Gasteiger partial charge in [0.1, 0.15) is 5.60 Å². The van der Waals surface area contributed by atoms with E-state index in [-0.39, 0.29) is 18.2 Å². The molecule has 124 valence electrons. The van der Waals surface area contributed by atoms with Gasteiger partial charge in [0.15, 0.2) is 0 Å². The van der Waals surface area contributed by atoms with E-state index in [1.807, 2.05) is 20.8 Å². The maximum atomic E-state index is 11.7. The number of amides is 1. The number of nitrogens with one attached hydrogen (secondary N) is 2. The number of methoxy groups -OCH3 is 1. The zero-order valence-electron chi connectivity index (χ0n) is 14.4. The topological polar surface area (TPSA) is 59.6 Å². The first kappa shape index (κ1) is 18.2. The summed E-state index contributed by atoms with van der Waals surface area (Å²) in [5, 5.41) is 6.58. The SMILES string of the molecule is COC(C)C(C)NC1CCC(NC(=O)OC(C)(C)C)CC1. The van der Waals surface area contributed by atoms with Crippen LogP contribution in [0.4, 0.5) is 4.79 Å². The zero-order chi connectivity index (χ0) is 16.0. The second-order valence-electron chi connectivity index (χ2n) is 7.09. The first-order valence-electron chi connectivity index (χ1n) is 7.99. The van der Waals surface area contributed by atoms with E-state index in [1.54, 1.807) is 7.11 Å². The second kappa shape index (κ2) is 7.99. The Labute approximate surface area is 129 Å². The molecule has 0 aromatic rings. The van der Waals surface area contributed by atoms with Crippen molar-refractivity contribution in [1.82, 2.24) is 10.6 Å². The minimum atomic E-state index is -0.436. The molecule has 0 radical (unpaired) electrons. The lowest BCUT2D eigenvalue weighted by Crippen LogP contribution is -2.48. The molecule has 1 saturated carbocycles. The van der Waals surface area contributed by atoms with E-state index in [4.69, 9.17) is 9.47 Å². The highest BCUT2D eigenvalue weighted by Gasteiger charge is 2.26. The maximum Gasteiger partial charge on any atom is 0.407 e. The second-order valence-corrected chi connectivity index (χ2v) is 7.09. The molecular formula is C16H32N2O3. The van der Waals surface area contributed by atoms with Gasteiger partial charge in [-0.2, -0.15) is 0 Å². The first-order chi connectivity index (χ1) is 9.71. The largest absolute Gasteiger partial charge is 0.444 e. The van der Waals surface area contributed by atoms with Crippen molar-refractivity contribution in [2.24, 2.45) is 0 Å². The molecular weight excluding hydrogens is 268 g/mol. The van der Waals surface area contributed by atoms with E-state index in [0.717, 1.165) is 25.7 Å². The van der Waals surface area contributed by atoms with Crippen LogP contribution in [0.1, 0.15) is 60.3 Å². The first-order valence-corrected chi connectivity index (χ1v) is 7.99. The third-order valence-electron chi connectivity index (χ3n) is 4.02. The molecule has 1 aliphatic carbocycles. The van der Waals surface area contributed by atoms with Crippen molar-refractivity contribution in [3.8, 4) is 0 Å². The molecule has 5 nitrogen and oxygen atoms in total. The fourth-order valence-corrected chi connectivity index (χ4v) is 2.59. The maximum absolute atomic E-state index is 11.7. The van der Waals surface area contributed by atoms with E-state index < -0.39 is 5.60 Å². The average Bonchev–Trinajstić information content (AvgIpc) is 2.37. The fourth-order valence-electron chi connectivity index (χ4n) is 2.59. The van der Waals surface area contributed by atoms with Crippen LogP contribution in [0.3, 0.4) is 0 Å². The lowest BCUT2D eigenvalue weighted by molar-refractivity contribution is 0.0485. The highest BCUT2D eigenvalue weighted by molar-refractivity contribution is 5.68. The van der Waals surface area contributed by atoms with Gasteiger partial charge in [0.05, 0.1) is 6.10 Å². The highest BCUT2D eigenvalue weighted by atomic mass is 16.6. The van der Waals surface area contributed by atoms with Crippen molar-refractivity contribution >= 4 is 6.09 Å². The van der Waals surface area contributed by atoms with Crippen LogP contribution in [0, 0.1) is 0 Å². The van der Waals surface area contributed by atoms with E-state index in [2.05, 4.69) is 24.5 Å². The minimum absolute atomic E-state index is 0.211. The van der Waals surface area contributed by atoms with Crippen molar-refractivity contribution in [3.63, 3.8) is 0 Å². The fraction of sp³-hybridized carbons (Fsp3) is 0.938. The van der Waals surface area contributed by atoms with Crippen LogP contribution < -0.4 is 10.6 Å². The van der Waals surface area contributed by atoms with Crippen molar-refractivity contribution in [2.75, 3.05) is 7.11 Å². The van der Waals surface area contributed by atoms with Gasteiger partial charge in [-0.05, 0) is 60.3 Å². The summed E-state index contributed by atoms with van der Waals surface area (Å²) in [5.74, 6) is 0. The number of carbonyl (C=O) groups excluding carboxylic acids is 1. The smallest absolute Gasteiger partial charge is 0.407 e. The van der Waals surface area contributed by atoms with Crippen LogP contribution in [0.15, 0.2) is 0 Å². The lowest BCUT2D eigenvalue weighted by atomic mass is 9.90. The number of hydrogen-bond donors (Lipinski definition) is 2. The molecule has 1 rings (SSSR count). The van der Waals surface area contributed by atoms with Crippen LogP contribution in [0.2, 0.25) is 0 Å². The zero-order valence-corrected chi connectivity index (χ0v) is 14.4. The molecule has 0 bridgehead atoms. The summed E-state index contributed by atoms with van der Waals surface area (Å²) in [6, 6.07) is 1.08. The van der Waals surface area contributed by atoms with Gasteiger partial charge >= 0.3 is 6.09 Å². The molecule has 0 spiro atoms. The van der Waals surface area contributed by atoms with E-state index in [9.17, 15) is 4.79 Å². The minimum Gasteiger partial charge on any atom is -0.444 e. The molecule has 0 saturated heterocycles. The molecule has 2 N–H and O–H groups in total. The number of carbonyl (C=O) groups is 1. The summed E-state index contributed by atoms with van der Waals surface area (Å²) in [6.45, 7) is 9.87. The summed E-state index contributed by atoms with van der Waals surface area (Å²) in [5.41, 5.74) is -0.436. The van der Waals surface area contributed by atoms with Gasteiger partial charge in [-0.3, -0.25) is 0 Å². The summed E-state index contributed by atoms with van der Waals surface area (Å²) in [6.07, 6.45) is 4.03.